The zero-order valence-corrected chi connectivity index (χ0v) is 11.7. The maximum Gasteiger partial charge on any atom is 0.338 e. The molecular formula is C17H20O3. The molecule has 2 aliphatic carbocycles. The van der Waals surface area contributed by atoms with Crippen molar-refractivity contribution in [1.82, 2.24) is 0 Å². The van der Waals surface area contributed by atoms with Crippen LogP contribution in [0.15, 0.2) is 42.5 Å². The molecule has 0 unspecified atom stereocenters. The highest BCUT2D eigenvalue weighted by molar-refractivity contribution is 5.89. The summed E-state index contributed by atoms with van der Waals surface area (Å²) in [6.45, 7) is 5.80. The zero-order valence-electron chi connectivity index (χ0n) is 11.7. The molecule has 0 aliphatic heterocycles. The molecule has 0 amide bonds. The van der Waals surface area contributed by atoms with Gasteiger partial charge in [-0.1, -0.05) is 24.8 Å². The van der Waals surface area contributed by atoms with E-state index in [0.717, 1.165) is 24.8 Å². The Kier molecular flexibility index (Phi) is 3.17. The lowest BCUT2D eigenvalue weighted by atomic mass is 9.85. The molecule has 1 aromatic rings. The van der Waals surface area contributed by atoms with Crippen molar-refractivity contribution in [1.29, 1.82) is 0 Å². The number of benzene rings is 1. The van der Waals surface area contributed by atoms with Crippen molar-refractivity contribution in [3.05, 3.63) is 48.0 Å². The van der Waals surface area contributed by atoms with Gasteiger partial charge in [0.2, 0.25) is 0 Å². The lowest BCUT2D eigenvalue weighted by molar-refractivity contribution is -0.0110. The van der Waals surface area contributed by atoms with E-state index in [1.807, 2.05) is 25.1 Å². The van der Waals surface area contributed by atoms with Crippen LogP contribution in [0.1, 0.15) is 36.5 Å². The molecule has 0 spiro atoms. The molecule has 106 valence electrons. The van der Waals surface area contributed by atoms with E-state index in [-0.39, 0.29) is 23.9 Å². The maximum absolute atomic E-state index is 12.1. The van der Waals surface area contributed by atoms with Crippen molar-refractivity contribution in [3.8, 4) is 0 Å². The zero-order chi connectivity index (χ0) is 14.3. The Morgan fingerprint density at radius 2 is 2.05 bits per heavy atom. The molecule has 1 N–H and O–H groups in total. The van der Waals surface area contributed by atoms with Gasteiger partial charge in [0.25, 0.3) is 0 Å². The molecule has 20 heavy (non-hydrogen) atoms. The first-order valence-corrected chi connectivity index (χ1v) is 7.18. The van der Waals surface area contributed by atoms with Crippen LogP contribution in [0.4, 0.5) is 0 Å². The highest BCUT2D eigenvalue weighted by Crippen LogP contribution is 2.56. The van der Waals surface area contributed by atoms with E-state index in [0.29, 0.717) is 5.56 Å². The normalized spacial score (nSPS) is 35.0. The summed E-state index contributed by atoms with van der Waals surface area (Å²) in [7, 11) is 0. The van der Waals surface area contributed by atoms with Gasteiger partial charge in [-0.2, -0.15) is 0 Å². The van der Waals surface area contributed by atoms with Gasteiger partial charge < -0.3 is 9.84 Å². The van der Waals surface area contributed by atoms with Crippen molar-refractivity contribution in [2.45, 2.75) is 37.9 Å². The molecule has 3 heteroatoms. The standard InChI is InChI=1S/C17H20O3/c1-11(2)17(19)13-8-9-14(17)15(10-13)20-16(18)12-6-4-3-5-7-12/h3-7,13-15,19H,1,8-10H2,2H3/t13-,14+,15+,17-/m1/s1. The summed E-state index contributed by atoms with van der Waals surface area (Å²) in [5.74, 6) is -0.122. The quantitative estimate of drug-likeness (QED) is 0.679. The Morgan fingerprint density at radius 3 is 2.65 bits per heavy atom. The van der Waals surface area contributed by atoms with Gasteiger partial charge in [-0.15, -0.1) is 0 Å². The third-order valence-electron chi connectivity index (χ3n) is 4.93. The van der Waals surface area contributed by atoms with Crippen LogP contribution in [0, 0.1) is 11.8 Å². The fourth-order valence-corrected chi connectivity index (χ4v) is 3.91. The monoisotopic (exact) mass is 272 g/mol. The average molecular weight is 272 g/mol. The number of rotatable bonds is 3. The molecule has 4 atom stereocenters. The fraction of sp³-hybridized carbons (Fsp3) is 0.471. The van der Waals surface area contributed by atoms with Crippen LogP contribution in [0.5, 0.6) is 0 Å². The summed E-state index contributed by atoms with van der Waals surface area (Å²) >= 11 is 0. The third-order valence-corrected chi connectivity index (χ3v) is 4.93. The van der Waals surface area contributed by atoms with E-state index in [1.165, 1.54) is 0 Å². The molecule has 0 aromatic heterocycles. The Bertz CT molecular complexity index is 536. The Balaban J connectivity index is 1.75. The van der Waals surface area contributed by atoms with Crippen molar-refractivity contribution >= 4 is 5.97 Å². The summed E-state index contributed by atoms with van der Waals surface area (Å²) in [6.07, 6.45) is 2.45. The number of ether oxygens (including phenoxy) is 1. The SMILES string of the molecule is C=C(C)[C@@]1(O)[C@@H]2CC[C@H]1[C@@H](OC(=O)c1ccccc1)C2. The minimum atomic E-state index is -0.846. The minimum absolute atomic E-state index is 0.00216. The van der Waals surface area contributed by atoms with Crippen LogP contribution >= 0.6 is 0 Å². The number of hydrogen-bond acceptors (Lipinski definition) is 3. The predicted molar refractivity (Wildman–Crippen MR) is 76.2 cm³/mol. The Labute approximate surface area is 119 Å². The number of esters is 1. The van der Waals surface area contributed by atoms with Crippen LogP contribution in [0.25, 0.3) is 0 Å². The molecule has 2 bridgehead atoms. The molecule has 2 saturated carbocycles. The van der Waals surface area contributed by atoms with E-state index in [2.05, 4.69) is 6.58 Å². The summed E-state index contributed by atoms with van der Waals surface area (Å²) in [5.41, 5.74) is 0.513. The number of aliphatic hydroxyl groups is 1. The van der Waals surface area contributed by atoms with Crippen molar-refractivity contribution in [3.63, 3.8) is 0 Å². The van der Waals surface area contributed by atoms with Crippen LogP contribution in [-0.2, 0) is 4.74 Å². The van der Waals surface area contributed by atoms with Gasteiger partial charge in [0.05, 0.1) is 11.2 Å². The van der Waals surface area contributed by atoms with Gasteiger partial charge in [0, 0.05) is 5.92 Å². The van der Waals surface area contributed by atoms with E-state index in [1.54, 1.807) is 12.1 Å². The van der Waals surface area contributed by atoms with Crippen LogP contribution in [0.3, 0.4) is 0 Å². The molecule has 3 nitrogen and oxygen atoms in total. The van der Waals surface area contributed by atoms with Crippen molar-refractivity contribution in [2.24, 2.45) is 11.8 Å². The van der Waals surface area contributed by atoms with Gasteiger partial charge in [0.1, 0.15) is 6.10 Å². The number of fused-ring (bicyclic) bond motifs is 2. The summed E-state index contributed by atoms with van der Waals surface area (Å²) in [5, 5.41) is 10.8. The first kappa shape index (κ1) is 13.4. The molecule has 0 radical (unpaired) electrons. The molecule has 0 saturated heterocycles. The first-order chi connectivity index (χ1) is 9.53. The fourth-order valence-electron chi connectivity index (χ4n) is 3.91. The molecule has 2 aliphatic rings. The molecular weight excluding hydrogens is 252 g/mol. The van der Waals surface area contributed by atoms with E-state index < -0.39 is 5.60 Å². The Hall–Kier alpha value is -1.61. The number of carbonyl (C=O) groups is 1. The molecule has 2 fully saturated rings. The number of carbonyl (C=O) groups excluding carboxylic acids is 1. The van der Waals surface area contributed by atoms with Gasteiger partial charge in [-0.25, -0.2) is 4.79 Å². The largest absolute Gasteiger partial charge is 0.458 e. The lowest BCUT2D eigenvalue weighted by Crippen LogP contribution is -2.38. The molecule has 0 heterocycles. The van der Waals surface area contributed by atoms with E-state index >= 15 is 0 Å². The molecule has 3 rings (SSSR count). The predicted octanol–water partition coefficient (Wildman–Crippen LogP) is 2.95. The van der Waals surface area contributed by atoms with Crippen LogP contribution in [-0.4, -0.2) is 22.8 Å². The lowest BCUT2D eigenvalue weighted by Gasteiger charge is -2.29. The third kappa shape index (κ3) is 1.88. The average Bonchev–Trinajstić information content (AvgIpc) is 2.91. The number of hydrogen-bond donors (Lipinski definition) is 1. The maximum atomic E-state index is 12.1. The van der Waals surface area contributed by atoms with Gasteiger partial charge in [0.15, 0.2) is 0 Å². The second-order valence-electron chi connectivity index (χ2n) is 6.03. The van der Waals surface area contributed by atoms with Crippen LogP contribution < -0.4 is 0 Å². The van der Waals surface area contributed by atoms with Crippen molar-refractivity contribution < 1.29 is 14.6 Å². The highest BCUT2D eigenvalue weighted by atomic mass is 16.5. The second-order valence-corrected chi connectivity index (χ2v) is 6.03. The summed E-state index contributed by atoms with van der Waals surface area (Å²) in [4.78, 5) is 12.1. The van der Waals surface area contributed by atoms with E-state index in [4.69, 9.17) is 4.74 Å². The molecule has 1 aromatic carbocycles. The smallest absolute Gasteiger partial charge is 0.338 e. The first-order valence-electron chi connectivity index (χ1n) is 7.18. The van der Waals surface area contributed by atoms with Gasteiger partial charge in [-0.3, -0.25) is 0 Å². The Morgan fingerprint density at radius 1 is 1.35 bits per heavy atom. The van der Waals surface area contributed by atoms with Crippen LogP contribution in [0.2, 0.25) is 0 Å². The minimum Gasteiger partial charge on any atom is -0.458 e. The van der Waals surface area contributed by atoms with Crippen molar-refractivity contribution in [2.75, 3.05) is 0 Å². The summed E-state index contributed by atoms with van der Waals surface area (Å²) < 4.78 is 5.64. The second kappa shape index (κ2) is 4.74. The van der Waals surface area contributed by atoms with E-state index in [9.17, 15) is 9.90 Å². The van der Waals surface area contributed by atoms with Gasteiger partial charge >= 0.3 is 5.97 Å². The highest BCUT2D eigenvalue weighted by Gasteiger charge is 2.59. The summed E-state index contributed by atoms with van der Waals surface area (Å²) in [6, 6.07) is 9.01. The van der Waals surface area contributed by atoms with Gasteiger partial charge in [-0.05, 0) is 49.8 Å². The topological polar surface area (TPSA) is 46.5 Å².